The third-order valence-corrected chi connectivity index (χ3v) is 10.4. The molecule has 3 N–H and O–H groups in total. The summed E-state index contributed by atoms with van der Waals surface area (Å²) < 4.78 is 5.56. The molecule has 3 saturated heterocycles. The molecule has 4 aliphatic rings. The molecule has 0 unspecified atom stereocenters. The average Bonchev–Trinajstić information content (AvgIpc) is 3.25. The van der Waals surface area contributed by atoms with Crippen molar-refractivity contribution in [3.05, 3.63) is 71.1 Å². The van der Waals surface area contributed by atoms with E-state index < -0.39 is 6.04 Å². The van der Waals surface area contributed by atoms with Crippen molar-refractivity contribution < 1.29 is 19.4 Å². The van der Waals surface area contributed by atoms with E-state index in [4.69, 9.17) is 4.74 Å². The van der Waals surface area contributed by atoms with Crippen LogP contribution < -0.4 is 10.6 Å². The smallest absolute Gasteiger partial charge is 0.322 e. The fraction of sp³-hybridized carbons (Fsp3) is 0.556. The van der Waals surface area contributed by atoms with E-state index in [0.29, 0.717) is 37.8 Å². The van der Waals surface area contributed by atoms with E-state index in [0.717, 1.165) is 99.7 Å². The van der Waals surface area contributed by atoms with Gasteiger partial charge in [0.1, 0.15) is 11.8 Å². The Kier molecular flexibility index (Phi) is 10.0. The first-order chi connectivity index (χ1) is 22.3. The number of carbonyl (C=O) groups is 2. The second-order valence-electron chi connectivity index (χ2n) is 13.4. The lowest BCUT2D eigenvalue weighted by atomic mass is 9.98. The Morgan fingerprint density at radius 1 is 0.957 bits per heavy atom. The van der Waals surface area contributed by atoms with Crippen LogP contribution in [-0.2, 0) is 22.4 Å². The summed E-state index contributed by atoms with van der Waals surface area (Å²) in [4.78, 5) is 36.0. The van der Waals surface area contributed by atoms with Gasteiger partial charge in [0, 0.05) is 83.2 Å². The molecule has 2 aromatic rings. The third kappa shape index (κ3) is 7.28. The van der Waals surface area contributed by atoms with Crippen LogP contribution in [0.2, 0.25) is 0 Å². The van der Waals surface area contributed by atoms with Gasteiger partial charge in [-0.3, -0.25) is 9.69 Å². The van der Waals surface area contributed by atoms with E-state index >= 15 is 0 Å². The number of likely N-dealkylation sites (tertiary alicyclic amines) is 1. The SMILES string of the molecule is C=C(N[C@H](Cc1cc(C)c(O)c(C)c1)C(=O)N1CCN(C2CCOCC2)CC1)N1CCC(N2CCc3ccccc3NC2=O)CC1. The molecule has 0 radical (unpaired) electrons. The van der Waals surface area contributed by atoms with Crippen molar-refractivity contribution in [3.8, 4) is 5.75 Å². The van der Waals surface area contributed by atoms with Gasteiger partial charge >= 0.3 is 6.03 Å². The van der Waals surface area contributed by atoms with Crippen LogP contribution >= 0.6 is 0 Å². The molecule has 1 atom stereocenters. The molecule has 0 bridgehead atoms. The summed E-state index contributed by atoms with van der Waals surface area (Å²) in [7, 11) is 0. The number of anilines is 1. The molecule has 2 aromatic carbocycles. The molecular formula is C36H50N6O4. The second-order valence-corrected chi connectivity index (χ2v) is 13.4. The van der Waals surface area contributed by atoms with Crippen LogP contribution in [-0.4, -0.2) is 114 Å². The molecule has 0 saturated carbocycles. The number of phenols is 1. The van der Waals surface area contributed by atoms with Crippen molar-refractivity contribution in [1.29, 1.82) is 0 Å². The number of hydrogen-bond donors (Lipinski definition) is 3. The van der Waals surface area contributed by atoms with Gasteiger partial charge in [-0.25, -0.2) is 4.79 Å². The fourth-order valence-corrected chi connectivity index (χ4v) is 7.66. The van der Waals surface area contributed by atoms with Gasteiger partial charge < -0.3 is 35.2 Å². The van der Waals surface area contributed by atoms with Gasteiger partial charge in [0.2, 0.25) is 5.91 Å². The quantitative estimate of drug-likeness (QED) is 0.408. The number of piperidine rings is 1. The number of rotatable bonds is 8. The van der Waals surface area contributed by atoms with Gasteiger partial charge in [-0.2, -0.15) is 0 Å². The van der Waals surface area contributed by atoms with Crippen LogP contribution in [0.3, 0.4) is 0 Å². The number of aromatic hydroxyl groups is 1. The number of carbonyl (C=O) groups excluding carboxylic acids is 2. The number of piperazine rings is 1. The van der Waals surface area contributed by atoms with Gasteiger partial charge in [0.25, 0.3) is 0 Å². The third-order valence-electron chi connectivity index (χ3n) is 10.4. The Labute approximate surface area is 273 Å². The van der Waals surface area contributed by atoms with E-state index in [1.54, 1.807) is 0 Å². The van der Waals surface area contributed by atoms with Crippen LogP contribution in [0.4, 0.5) is 10.5 Å². The highest BCUT2D eigenvalue weighted by molar-refractivity contribution is 5.91. The topological polar surface area (TPSA) is 101 Å². The van der Waals surface area contributed by atoms with Gasteiger partial charge in [0.15, 0.2) is 0 Å². The van der Waals surface area contributed by atoms with Gasteiger partial charge in [-0.15, -0.1) is 0 Å². The lowest BCUT2D eigenvalue weighted by molar-refractivity contribution is -0.135. The summed E-state index contributed by atoms with van der Waals surface area (Å²) in [5, 5.41) is 17.0. The normalized spacial score (nSPS) is 20.9. The minimum atomic E-state index is -0.474. The Morgan fingerprint density at radius 3 is 2.33 bits per heavy atom. The lowest BCUT2D eigenvalue weighted by Gasteiger charge is -2.42. The fourth-order valence-electron chi connectivity index (χ4n) is 7.66. The summed E-state index contributed by atoms with van der Waals surface area (Å²) in [5.41, 5.74) is 4.72. The molecular weight excluding hydrogens is 580 g/mol. The maximum Gasteiger partial charge on any atom is 0.322 e. The minimum absolute atomic E-state index is 0.0255. The first-order valence-corrected chi connectivity index (χ1v) is 17.0. The van der Waals surface area contributed by atoms with E-state index in [-0.39, 0.29) is 18.0 Å². The zero-order valence-electron chi connectivity index (χ0n) is 27.5. The van der Waals surface area contributed by atoms with Crippen LogP contribution in [0.1, 0.15) is 47.9 Å². The number of ether oxygens (including phenoxy) is 1. The van der Waals surface area contributed by atoms with Crippen LogP contribution in [0, 0.1) is 13.8 Å². The predicted molar refractivity (Wildman–Crippen MR) is 180 cm³/mol. The Hall–Kier alpha value is -3.76. The summed E-state index contributed by atoms with van der Waals surface area (Å²) in [6, 6.07) is 12.2. The standard InChI is InChI=1S/C36H50N6O4/c1-25-22-28(23-26(2)34(25)43)24-33(35(44)41-18-16-40(17-19-41)30-11-20-46-21-12-30)37-27(3)39-13-9-31(10-14-39)42-15-8-29-6-4-5-7-32(29)38-36(42)45/h4-7,22-23,30-31,33,37,43H,3,8-21,24H2,1-2H3,(H,38,45)/t33-/m1/s1. The molecule has 0 spiro atoms. The molecule has 10 nitrogen and oxygen atoms in total. The Balaban J connectivity index is 1.09. The van der Waals surface area contributed by atoms with Crippen LogP contribution in [0.15, 0.2) is 48.8 Å². The molecule has 4 aliphatic heterocycles. The van der Waals surface area contributed by atoms with Crippen molar-refractivity contribution in [2.45, 2.75) is 70.5 Å². The highest BCUT2D eigenvalue weighted by Crippen LogP contribution is 2.27. The number of nitrogens with zero attached hydrogens (tertiary/aromatic N) is 4. The zero-order chi connectivity index (χ0) is 32.2. The molecule has 3 fully saturated rings. The van der Waals surface area contributed by atoms with E-state index in [1.165, 1.54) is 5.56 Å². The highest BCUT2D eigenvalue weighted by atomic mass is 16.5. The van der Waals surface area contributed by atoms with Crippen molar-refractivity contribution in [2.24, 2.45) is 0 Å². The van der Waals surface area contributed by atoms with E-state index in [1.807, 2.05) is 54.0 Å². The number of para-hydroxylation sites is 1. The van der Waals surface area contributed by atoms with Crippen molar-refractivity contribution >= 4 is 17.6 Å². The molecule has 10 heteroatoms. The number of hydrogen-bond acceptors (Lipinski definition) is 7. The van der Waals surface area contributed by atoms with E-state index in [2.05, 4.69) is 33.1 Å². The summed E-state index contributed by atoms with van der Waals surface area (Å²) in [6.07, 6.45) is 5.15. The minimum Gasteiger partial charge on any atom is -0.507 e. The molecule has 46 heavy (non-hydrogen) atoms. The van der Waals surface area contributed by atoms with Crippen molar-refractivity contribution in [1.82, 2.24) is 24.9 Å². The molecule has 0 aliphatic carbocycles. The maximum atomic E-state index is 14.1. The summed E-state index contributed by atoms with van der Waals surface area (Å²) >= 11 is 0. The van der Waals surface area contributed by atoms with Crippen molar-refractivity contribution in [2.75, 3.05) is 64.3 Å². The Morgan fingerprint density at radius 2 is 1.63 bits per heavy atom. The number of phenolic OH excluding ortho intramolecular Hbond substituents is 1. The van der Waals surface area contributed by atoms with Crippen LogP contribution in [0.25, 0.3) is 0 Å². The molecule has 6 rings (SSSR count). The number of aryl methyl sites for hydroxylation is 2. The average molecular weight is 631 g/mol. The number of fused-ring (bicyclic) bond motifs is 1. The maximum absolute atomic E-state index is 14.1. The van der Waals surface area contributed by atoms with Gasteiger partial charge in [-0.05, 0) is 74.3 Å². The van der Waals surface area contributed by atoms with Gasteiger partial charge in [-0.1, -0.05) is 36.9 Å². The first-order valence-electron chi connectivity index (χ1n) is 17.0. The number of benzene rings is 2. The van der Waals surface area contributed by atoms with E-state index in [9.17, 15) is 14.7 Å². The molecule has 4 heterocycles. The molecule has 248 valence electrons. The monoisotopic (exact) mass is 630 g/mol. The summed E-state index contributed by atoms with van der Waals surface area (Å²) in [5.74, 6) is 1.14. The first kappa shape index (κ1) is 32.2. The van der Waals surface area contributed by atoms with Gasteiger partial charge in [0.05, 0.1) is 5.82 Å². The number of amides is 3. The molecule has 0 aromatic heterocycles. The lowest BCUT2D eigenvalue weighted by Crippen LogP contribution is -2.57. The number of nitrogens with one attached hydrogen (secondary N) is 2. The number of urea groups is 1. The van der Waals surface area contributed by atoms with Crippen molar-refractivity contribution in [3.63, 3.8) is 0 Å². The zero-order valence-corrected chi connectivity index (χ0v) is 27.5. The highest BCUT2D eigenvalue weighted by Gasteiger charge is 2.34. The molecule has 3 amide bonds. The second kappa shape index (κ2) is 14.3. The Bertz CT molecular complexity index is 1390. The largest absolute Gasteiger partial charge is 0.507 e. The summed E-state index contributed by atoms with van der Waals surface area (Å²) in [6.45, 7) is 15.2. The predicted octanol–water partition coefficient (Wildman–Crippen LogP) is 3.86. The van der Waals surface area contributed by atoms with Crippen LogP contribution in [0.5, 0.6) is 5.75 Å².